The number of carboxylic acid groups (broad SMARTS) is 3. The van der Waals surface area contributed by atoms with Crippen LogP contribution < -0.4 is 0 Å². The van der Waals surface area contributed by atoms with E-state index in [4.69, 9.17) is 65.6 Å². The van der Waals surface area contributed by atoms with Gasteiger partial charge in [-0.1, -0.05) is 211 Å². The largest absolute Gasteiger partial charge is 0.481 e. The van der Waals surface area contributed by atoms with E-state index < -0.39 is 80.0 Å². The molecule has 0 amide bonds. The molecule has 486 valence electrons. The monoisotopic (exact) mass is 1170 g/mol. The fourth-order valence-electron chi connectivity index (χ4n) is 9.18. The SMILES string of the molecule is CCCCCCCCC=CCCCCCCCC(=O)O.CCCCCCCCC=CCCCCCCCC(=O)O.CCCCCCCCC=CCCCCCCCC(=O)O.OC[C@@H](O)C1OC[C@H](O)[C@H]1O.OC[C@@H](O)C1OC[C@H](O)[C@H]1O. The molecule has 8 atom stereocenters. The van der Waals surface area contributed by atoms with Crippen molar-refractivity contribution >= 4 is 17.9 Å². The molecular weight excluding hydrogens is 1050 g/mol. The van der Waals surface area contributed by atoms with Crippen molar-refractivity contribution in [1.82, 2.24) is 0 Å². The minimum Gasteiger partial charge on any atom is -0.481 e. The van der Waals surface area contributed by atoms with Gasteiger partial charge < -0.3 is 65.6 Å². The van der Waals surface area contributed by atoms with Crippen molar-refractivity contribution in [3.8, 4) is 0 Å². The van der Waals surface area contributed by atoms with Crippen molar-refractivity contribution in [3.05, 3.63) is 36.5 Å². The van der Waals surface area contributed by atoms with Gasteiger partial charge in [0.25, 0.3) is 0 Å². The highest BCUT2D eigenvalue weighted by atomic mass is 16.6. The molecule has 11 N–H and O–H groups in total. The number of allylic oxidation sites excluding steroid dienone is 6. The summed E-state index contributed by atoms with van der Waals surface area (Å²) in [4.78, 5) is 31.0. The lowest BCUT2D eigenvalue weighted by Crippen LogP contribution is -2.40. The molecule has 0 radical (unpaired) electrons. The molecule has 0 aromatic heterocycles. The molecule has 2 aliphatic rings. The Hall–Kier alpha value is -2.77. The summed E-state index contributed by atoms with van der Waals surface area (Å²) in [6, 6.07) is 0. The van der Waals surface area contributed by atoms with Crippen molar-refractivity contribution in [1.29, 1.82) is 0 Å². The van der Waals surface area contributed by atoms with Crippen LogP contribution >= 0.6 is 0 Å². The van der Waals surface area contributed by atoms with Crippen LogP contribution in [0, 0.1) is 0 Å². The third-order valence-electron chi connectivity index (χ3n) is 14.5. The molecule has 0 aromatic rings. The highest BCUT2D eigenvalue weighted by Crippen LogP contribution is 2.19. The topological polar surface area (TPSA) is 292 Å². The van der Waals surface area contributed by atoms with Crippen LogP contribution in [-0.2, 0) is 23.9 Å². The second kappa shape index (κ2) is 65.8. The number of rotatable bonds is 49. The molecule has 2 fully saturated rings. The third-order valence-corrected chi connectivity index (χ3v) is 14.5. The van der Waals surface area contributed by atoms with E-state index in [9.17, 15) is 14.4 Å². The Labute approximate surface area is 498 Å². The number of carbonyl (C=O) groups is 3. The number of aliphatic hydroxyl groups excluding tert-OH is 8. The summed E-state index contributed by atoms with van der Waals surface area (Å²) in [5.74, 6) is -1.99. The molecular formula is C66H126O16. The quantitative estimate of drug-likeness (QED) is 0.0199. The minimum atomic E-state index is -1.12. The highest BCUT2D eigenvalue weighted by molar-refractivity contribution is 5.67. The van der Waals surface area contributed by atoms with Crippen LogP contribution in [0.2, 0.25) is 0 Å². The Morgan fingerprint density at radius 1 is 0.354 bits per heavy atom. The molecule has 2 aliphatic heterocycles. The van der Waals surface area contributed by atoms with Crippen molar-refractivity contribution in [2.75, 3.05) is 26.4 Å². The maximum Gasteiger partial charge on any atom is 0.303 e. The van der Waals surface area contributed by atoms with E-state index in [1.54, 1.807) is 0 Å². The summed E-state index contributed by atoms with van der Waals surface area (Å²) in [5, 5.41) is 96.6. The maximum atomic E-state index is 10.3. The number of aliphatic carboxylic acids is 3. The molecule has 0 saturated carbocycles. The van der Waals surface area contributed by atoms with Crippen LogP contribution in [0.4, 0.5) is 0 Å². The zero-order valence-corrected chi connectivity index (χ0v) is 52.1. The fraction of sp³-hybridized carbons (Fsp3) is 0.864. The average molecular weight is 1180 g/mol. The van der Waals surface area contributed by atoms with Crippen LogP contribution in [0.5, 0.6) is 0 Å². The molecule has 82 heavy (non-hydrogen) atoms. The van der Waals surface area contributed by atoms with E-state index in [1.807, 2.05) is 0 Å². The average Bonchev–Trinajstić information content (AvgIpc) is 3.99. The predicted molar refractivity (Wildman–Crippen MR) is 331 cm³/mol. The van der Waals surface area contributed by atoms with Crippen molar-refractivity contribution in [3.63, 3.8) is 0 Å². The van der Waals surface area contributed by atoms with Gasteiger partial charge in [-0.25, -0.2) is 0 Å². The molecule has 0 aromatic carbocycles. The lowest BCUT2D eigenvalue weighted by Gasteiger charge is -2.18. The molecule has 2 saturated heterocycles. The van der Waals surface area contributed by atoms with Crippen LogP contribution in [-0.4, -0.2) is 149 Å². The normalized spacial score (nSPS) is 19.2. The number of ether oxygens (including phenoxy) is 2. The zero-order valence-electron chi connectivity index (χ0n) is 52.1. The number of aliphatic hydroxyl groups is 8. The first kappa shape index (κ1) is 83.4. The summed E-state index contributed by atoms with van der Waals surface area (Å²) in [6.45, 7) is 5.83. The Morgan fingerprint density at radius 3 is 0.720 bits per heavy atom. The van der Waals surface area contributed by atoms with Gasteiger partial charge in [-0.15, -0.1) is 0 Å². The van der Waals surface area contributed by atoms with Gasteiger partial charge in [0, 0.05) is 19.3 Å². The number of hydrogen-bond acceptors (Lipinski definition) is 13. The van der Waals surface area contributed by atoms with Gasteiger partial charge in [0.15, 0.2) is 0 Å². The second-order valence-electron chi connectivity index (χ2n) is 22.4. The van der Waals surface area contributed by atoms with Gasteiger partial charge in [-0.05, 0) is 96.3 Å². The van der Waals surface area contributed by atoms with Crippen molar-refractivity contribution in [2.45, 2.75) is 339 Å². The first-order valence-electron chi connectivity index (χ1n) is 32.8. The Morgan fingerprint density at radius 2 is 0.549 bits per heavy atom. The Balaban J connectivity index is -0.000000971. The summed E-state index contributed by atoms with van der Waals surface area (Å²) in [7, 11) is 0. The molecule has 2 heterocycles. The van der Waals surface area contributed by atoms with Gasteiger partial charge >= 0.3 is 17.9 Å². The summed E-state index contributed by atoms with van der Waals surface area (Å²) in [6.07, 6.45) is 55.6. The van der Waals surface area contributed by atoms with E-state index in [1.165, 1.54) is 212 Å². The molecule has 0 spiro atoms. The first-order valence-corrected chi connectivity index (χ1v) is 32.8. The molecule has 0 aliphatic carbocycles. The van der Waals surface area contributed by atoms with Gasteiger partial charge in [0.05, 0.1) is 26.4 Å². The van der Waals surface area contributed by atoms with Crippen molar-refractivity contribution in [2.24, 2.45) is 0 Å². The van der Waals surface area contributed by atoms with E-state index in [0.29, 0.717) is 19.3 Å². The van der Waals surface area contributed by atoms with E-state index >= 15 is 0 Å². The molecule has 2 rings (SSSR count). The summed E-state index contributed by atoms with van der Waals surface area (Å²) >= 11 is 0. The number of carboxylic acids is 3. The lowest BCUT2D eigenvalue weighted by atomic mass is 10.1. The molecule has 16 heteroatoms. The standard InChI is InChI=1S/3C18H34O2.2C6H12O5/c3*1-2-3-4-5-6-7-8-9-10-11-12-13-14-15-16-17-18(19)20;2*7-1-3(8)6-5(10)4(9)2-11-6/h3*9-10H,2-8,11-17H2,1H3,(H,19,20);2*3-10H,1-2H2/t;;;2*3-,4+,5-,6?/m...11/s1. The van der Waals surface area contributed by atoms with Gasteiger partial charge in [0.1, 0.15) is 48.8 Å². The Bertz CT molecular complexity index is 1300. The predicted octanol–water partition coefficient (Wildman–Crippen LogP) is 13.2. The fourth-order valence-corrected chi connectivity index (χ4v) is 9.18. The van der Waals surface area contributed by atoms with Crippen molar-refractivity contribution < 1.29 is 80.0 Å². The summed E-state index contributed by atoms with van der Waals surface area (Å²) in [5.41, 5.74) is 0. The second-order valence-corrected chi connectivity index (χ2v) is 22.4. The van der Waals surface area contributed by atoms with Gasteiger partial charge in [0.2, 0.25) is 0 Å². The van der Waals surface area contributed by atoms with Crippen LogP contribution in [0.25, 0.3) is 0 Å². The molecule has 16 nitrogen and oxygen atoms in total. The Kier molecular flexibility index (Phi) is 66.9. The lowest BCUT2D eigenvalue weighted by molar-refractivity contribution is -0.138. The number of unbranched alkanes of at least 4 members (excludes halogenated alkanes) is 33. The van der Waals surface area contributed by atoms with Crippen LogP contribution in [0.3, 0.4) is 0 Å². The van der Waals surface area contributed by atoms with Crippen LogP contribution in [0.15, 0.2) is 36.5 Å². The van der Waals surface area contributed by atoms with E-state index in [-0.39, 0.29) is 13.2 Å². The van der Waals surface area contributed by atoms with E-state index in [2.05, 4.69) is 57.2 Å². The third kappa shape index (κ3) is 60.4. The minimum absolute atomic E-state index is 0.00287. The number of hydrogen-bond donors (Lipinski definition) is 11. The summed E-state index contributed by atoms with van der Waals surface area (Å²) < 4.78 is 9.64. The van der Waals surface area contributed by atoms with Gasteiger partial charge in [-0.3, -0.25) is 14.4 Å². The molecule has 2 unspecified atom stereocenters. The maximum absolute atomic E-state index is 10.3. The van der Waals surface area contributed by atoms with Gasteiger partial charge in [-0.2, -0.15) is 0 Å². The van der Waals surface area contributed by atoms with Crippen LogP contribution in [0.1, 0.15) is 290 Å². The van der Waals surface area contributed by atoms with E-state index in [0.717, 1.165) is 38.5 Å². The smallest absolute Gasteiger partial charge is 0.303 e. The molecule has 0 bridgehead atoms. The zero-order chi connectivity index (χ0) is 61.5. The highest BCUT2D eigenvalue weighted by Gasteiger charge is 2.39. The first-order chi connectivity index (χ1) is 39.6.